The second-order valence-corrected chi connectivity index (χ2v) is 4.24. The first-order valence-corrected chi connectivity index (χ1v) is 5.90. The molecule has 1 aromatic heterocycles. The quantitative estimate of drug-likeness (QED) is 0.780. The van der Waals surface area contributed by atoms with Gasteiger partial charge in [0.15, 0.2) is 0 Å². The van der Waals surface area contributed by atoms with Gasteiger partial charge in [0.1, 0.15) is 0 Å². The molecule has 0 bridgehead atoms. The highest BCUT2D eigenvalue weighted by atomic mass is 15.3. The Balaban J connectivity index is 2.13. The van der Waals surface area contributed by atoms with Crippen molar-refractivity contribution in [1.29, 1.82) is 0 Å². The molecular weight excluding hydrogens is 198 g/mol. The monoisotopic (exact) mass is 217 g/mol. The SMILES string of the molecule is CNCCCC(C)n1ncc2ccccc21. The zero-order valence-electron chi connectivity index (χ0n) is 9.98. The van der Waals surface area contributed by atoms with Crippen molar-refractivity contribution in [2.45, 2.75) is 25.8 Å². The maximum atomic E-state index is 4.47. The third-order valence-corrected chi connectivity index (χ3v) is 2.97. The molecule has 16 heavy (non-hydrogen) atoms. The minimum Gasteiger partial charge on any atom is -0.320 e. The van der Waals surface area contributed by atoms with E-state index < -0.39 is 0 Å². The molecule has 1 heterocycles. The average molecular weight is 217 g/mol. The van der Waals surface area contributed by atoms with Gasteiger partial charge in [-0.15, -0.1) is 0 Å². The Bertz CT molecular complexity index is 447. The molecule has 0 radical (unpaired) electrons. The summed E-state index contributed by atoms with van der Waals surface area (Å²) in [7, 11) is 1.99. The highest BCUT2D eigenvalue weighted by Crippen LogP contribution is 2.19. The van der Waals surface area contributed by atoms with Crippen LogP contribution in [0.2, 0.25) is 0 Å². The van der Waals surface area contributed by atoms with Gasteiger partial charge in [0.2, 0.25) is 0 Å². The van der Waals surface area contributed by atoms with Crippen molar-refractivity contribution >= 4 is 10.9 Å². The van der Waals surface area contributed by atoms with Crippen LogP contribution in [0.25, 0.3) is 10.9 Å². The van der Waals surface area contributed by atoms with Gasteiger partial charge in [-0.3, -0.25) is 4.68 Å². The summed E-state index contributed by atoms with van der Waals surface area (Å²) in [4.78, 5) is 0. The fraction of sp³-hybridized carbons (Fsp3) is 0.462. The molecule has 1 atom stereocenters. The number of rotatable bonds is 5. The first-order valence-electron chi connectivity index (χ1n) is 5.90. The van der Waals surface area contributed by atoms with Gasteiger partial charge >= 0.3 is 0 Å². The number of hydrogen-bond acceptors (Lipinski definition) is 2. The van der Waals surface area contributed by atoms with Crippen LogP contribution in [-0.4, -0.2) is 23.4 Å². The number of fused-ring (bicyclic) bond motifs is 1. The smallest absolute Gasteiger partial charge is 0.0685 e. The van der Waals surface area contributed by atoms with Crippen molar-refractivity contribution in [3.8, 4) is 0 Å². The van der Waals surface area contributed by atoms with Gasteiger partial charge in [-0.05, 0) is 39.4 Å². The number of para-hydroxylation sites is 1. The van der Waals surface area contributed by atoms with E-state index in [1.807, 2.05) is 13.2 Å². The Kier molecular flexibility index (Phi) is 3.57. The molecular formula is C13H19N3. The van der Waals surface area contributed by atoms with Gasteiger partial charge in [-0.2, -0.15) is 5.10 Å². The van der Waals surface area contributed by atoms with E-state index in [1.165, 1.54) is 17.3 Å². The highest BCUT2D eigenvalue weighted by molar-refractivity contribution is 5.78. The number of nitrogens with zero attached hydrogens (tertiary/aromatic N) is 2. The number of nitrogens with one attached hydrogen (secondary N) is 1. The predicted molar refractivity (Wildman–Crippen MR) is 67.6 cm³/mol. The normalized spacial score (nSPS) is 13.1. The van der Waals surface area contributed by atoms with Gasteiger partial charge in [0.05, 0.1) is 11.7 Å². The zero-order chi connectivity index (χ0) is 11.4. The van der Waals surface area contributed by atoms with E-state index >= 15 is 0 Å². The van der Waals surface area contributed by atoms with Crippen molar-refractivity contribution in [1.82, 2.24) is 15.1 Å². The molecule has 0 aliphatic carbocycles. The van der Waals surface area contributed by atoms with E-state index in [0.717, 1.165) is 13.0 Å². The van der Waals surface area contributed by atoms with E-state index in [9.17, 15) is 0 Å². The first kappa shape index (κ1) is 11.1. The van der Waals surface area contributed by atoms with Gasteiger partial charge in [-0.25, -0.2) is 0 Å². The summed E-state index contributed by atoms with van der Waals surface area (Å²) < 4.78 is 2.13. The van der Waals surface area contributed by atoms with Crippen LogP contribution in [0.5, 0.6) is 0 Å². The molecule has 0 spiro atoms. The maximum absolute atomic E-state index is 4.47. The number of aromatic nitrogens is 2. The lowest BCUT2D eigenvalue weighted by molar-refractivity contribution is 0.455. The van der Waals surface area contributed by atoms with Crippen LogP contribution >= 0.6 is 0 Å². The van der Waals surface area contributed by atoms with Crippen LogP contribution in [0, 0.1) is 0 Å². The minimum atomic E-state index is 0.466. The van der Waals surface area contributed by atoms with Crippen LogP contribution in [-0.2, 0) is 0 Å². The van der Waals surface area contributed by atoms with Crippen molar-refractivity contribution in [2.75, 3.05) is 13.6 Å². The maximum Gasteiger partial charge on any atom is 0.0685 e. The van der Waals surface area contributed by atoms with Crippen molar-refractivity contribution < 1.29 is 0 Å². The molecule has 1 N–H and O–H groups in total. The summed E-state index contributed by atoms with van der Waals surface area (Å²) in [6.07, 6.45) is 4.29. The molecule has 2 aromatic rings. The predicted octanol–water partition coefficient (Wildman–Crippen LogP) is 2.60. The summed E-state index contributed by atoms with van der Waals surface area (Å²) in [5, 5.41) is 8.87. The van der Waals surface area contributed by atoms with Crippen LogP contribution in [0.3, 0.4) is 0 Å². The standard InChI is InChI=1S/C13H19N3/c1-11(6-5-9-14-2)16-13-8-4-3-7-12(13)10-15-16/h3-4,7-8,10-11,14H,5-6,9H2,1-2H3. The van der Waals surface area contributed by atoms with Crippen molar-refractivity contribution in [2.24, 2.45) is 0 Å². The Morgan fingerprint density at radius 3 is 3.00 bits per heavy atom. The third kappa shape index (κ3) is 2.25. The summed E-state index contributed by atoms with van der Waals surface area (Å²) in [5.74, 6) is 0. The van der Waals surface area contributed by atoms with Gasteiger partial charge in [0.25, 0.3) is 0 Å². The van der Waals surface area contributed by atoms with Gasteiger partial charge in [-0.1, -0.05) is 18.2 Å². The van der Waals surface area contributed by atoms with E-state index in [0.29, 0.717) is 6.04 Å². The van der Waals surface area contributed by atoms with E-state index in [4.69, 9.17) is 0 Å². The molecule has 0 aliphatic rings. The molecule has 86 valence electrons. The van der Waals surface area contributed by atoms with Gasteiger partial charge in [0, 0.05) is 11.4 Å². The molecule has 1 unspecified atom stereocenters. The molecule has 2 rings (SSSR count). The van der Waals surface area contributed by atoms with Crippen LogP contribution in [0.4, 0.5) is 0 Å². The molecule has 0 amide bonds. The van der Waals surface area contributed by atoms with Crippen molar-refractivity contribution in [3.63, 3.8) is 0 Å². The lowest BCUT2D eigenvalue weighted by atomic mass is 10.2. The lowest BCUT2D eigenvalue weighted by Gasteiger charge is -2.13. The zero-order valence-corrected chi connectivity index (χ0v) is 9.98. The molecule has 0 fully saturated rings. The van der Waals surface area contributed by atoms with Crippen LogP contribution in [0.1, 0.15) is 25.8 Å². The number of benzene rings is 1. The van der Waals surface area contributed by atoms with E-state index in [-0.39, 0.29) is 0 Å². The minimum absolute atomic E-state index is 0.466. The summed E-state index contributed by atoms with van der Waals surface area (Å²) in [5.41, 5.74) is 1.24. The highest BCUT2D eigenvalue weighted by Gasteiger charge is 2.08. The fourth-order valence-corrected chi connectivity index (χ4v) is 2.04. The Morgan fingerprint density at radius 2 is 2.19 bits per heavy atom. The Hall–Kier alpha value is -1.35. The van der Waals surface area contributed by atoms with E-state index in [1.54, 1.807) is 0 Å². The van der Waals surface area contributed by atoms with Crippen LogP contribution < -0.4 is 5.32 Å². The molecule has 1 aromatic carbocycles. The second-order valence-electron chi connectivity index (χ2n) is 4.24. The topological polar surface area (TPSA) is 29.9 Å². The molecule has 0 aliphatic heterocycles. The Morgan fingerprint density at radius 1 is 1.38 bits per heavy atom. The lowest BCUT2D eigenvalue weighted by Crippen LogP contribution is -2.12. The second kappa shape index (κ2) is 5.12. The summed E-state index contributed by atoms with van der Waals surface area (Å²) in [6, 6.07) is 8.84. The van der Waals surface area contributed by atoms with Gasteiger partial charge < -0.3 is 5.32 Å². The Labute approximate surface area is 96.5 Å². The van der Waals surface area contributed by atoms with Crippen LogP contribution in [0.15, 0.2) is 30.5 Å². The molecule has 3 heteroatoms. The van der Waals surface area contributed by atoms with Crippen molar-refractivity contribution in [3.05, 3.63) is 30.5 Å². The average Bonchev–Trinajstić information content (AvgIpc) is 2.73. The fourth-order valence-electron chi connectivity index (χ4n) is 2.04. The van der Waals surface area contributed by atoms with E-state index in [2.05, 4.69) is 46.3 Å². The molecule has 0 saturated carbocycles. The molecule has 0 saturated heterocycles. The number of hydrogen-bond donors (Lipinski definition) is 1. The third-order valence-electron chi connectivity index (χ3n) is 2.97. The molecule has 3 nitrogen and oxygen atoms in total. The largest absolute Gasteiger partial charge is 0.320 e. The summed E-state index contributed by atoms with van der Waals surface area (Å²) in [6.45, 7) is 3.30. The summed E-state index contributed by atoms with van der Waals surface area (Å²) >= 11 is 0. The first-order chi connectivity index (χ1) is 7.83.